The summed E-state index contributed by atoms with van der Waals surface area (Å²) in [6.45, 7) is 0.686. The van der Waals surface area contributed by atoms with E-state index in [9.17, 15) is 0 Å². The molecule has 22 heavy (non-hydrogen) atoms. The molecule has 3 heterocycles. The van der Waals surface area contributed by atoms with Gasteiger partial charge < -0.3 is 10.1 Å². The van der Waals surface area contributed by atoms with Gasteiger partial charge in [0.2, 0.25) is 5.88 Å². The first-order valence-corrected chi connectivity index (χ1v) is 8.30. The quantitative estimate of drug-likeness (QED) is 0.779. The Hall–Kier alpha value is -2.21. The summed E-state index contributed by atoms with van der Waals surface area (Å²) < 4.78 is 5.84. The summed E-state index contributed by atoms with van der Waals surface area (Å²) in [4.78, 5) is 13.9. The van der Waals surface area contributed by atoms with Gasteiger partial charge in [0.25, 0.3) is 0 Å². The Bertz CT molecular complexity index is 784. The van der Waals surface area contributed by atoms with Crippen molar-refractivity contribution in [3.63, 3.8) is 0 Å². The van der Waals surface area contributed by atoms with E-state index in [-0.39, 0.29) is 0 Å². The fourth-order valence-corrected chi connectivity index (χ4v) is 3.13. The summed E-state index contributed by atoms with van der Waals surface area (Å²) in [7, 11) is 0. The third kappa shape index (κ3) is 2.74. The van der Waals surface area contributed by atoms with E-state index >= 15 is 0 Å². The standard InChI is InChI=1S/C16H16N4OS/c1-2-12(3-1)21-14-8-11(4-6-17-14)9-18-15-13-5-7-22-16(13)20-10-19-15/h4-8,10,12H,1-3,9H2,(H,18,19,20). The van der Waals surface area contributed by atoms with Crippen LogP contribution in [0.2, 0.25) is 0 Å². The molecular weight excluding hydrogens is 296 g/mol. The van der Waals surface area contributed by atoms with Crippen LogP contribution in [0.3, 0.4) is 0 Å². The second-order valence-electron chi connectivity index (χ2n) is 5.39. The molecule has 6 heteroatoms. The number of pyridine rings is 1. The van der Waals surface area contributed by atoms with Crippen molar-refractivity contribution in [1.82, 2.24) is 15.0 Å². The highest BCUT2D eigenvalue weighted by atomic mass is 32.1. The summed E-state index contributed by atoms with van der Waals surface area (Å²) in [6, 6.07) is 6.03. The Morgan fingerprint density at radius 2 is 2.18 bits per heavy atom. The van der Waals surface area contributed by atoms with Crippen LogP contribution in [0.4, 0.5) is 5.82 Å². The fourth-order valence-electron chi connectivity index (χ4n) is 2.40. The Morgan fingerprint density at radius 3 is 3.05 bits per heavy atom. The molecule has 0 radical (unpaired) electrons. The topological polar surface area (TPSA) is 59.9 Å². The van der Waals surface area contributed by atoms with Crippen LogP contribution >= 0.6 is 11.3 Å². The number of hydrogen-bond acceptors (Lipinski definition) is 6. The molecule has 0 spiro atoms. The van der Waals surface area contributed by atoms with Gasteiger partial charge in [-0.15, -0.1) is 11.3 Å². The van der Waals surface area contributed by atoms with Gasteiger partial charge in [-0.05, 0) is 42.3 Å². The molecule has 112 valence electrons. The number of fused-ring (bicyclic) bond motifs is 1. The molecule has 0 bridgehead atoms. The highest BCUT2D eigenvalue weighted by Gasteiger charge is 2.19. The van der Waals surface area contributed by atoms with E-state index in [1.807, 2.05) is 23.6 Å². The highest BCUT2D eigenvalue weighted by Crippen LogP contribution is 2.26. The lowest BCUT2D eigenvalue weighted by molar-refractivity contribution is 0.114. The zero-order chi connectivity index (χ0) is 14.8. The molecule has 0 aliphatic heterocycles. The van der Waals surface area contributed by atoms with E-state index < -0.39 is 0 Å². The Kier molecular flexibility index (Phi) is 3.60. The molecule has 5 nitrogen and oxygen atoms in total. The lowest BCUT2D eigenvalue weighted by Gasteiger charge is -2.25. The Balaban J connectivity index is 1.46. The van der Waals surface area contributed by atoms with Crippen molar-refractivity contribution in [2.24, 2.45) is 0 Å². The predicted molar refractivity (Wildman–Crippen MR) is 87.2 cm³/mol. The molecule has 0 unspecified atom stereocenters. The number of anilines is 1. The van der Waals surface area contributed by atoms with Crippen molar-refractivity contribution in [2.75, 3.05) is 5.32 Å². The number of rotatable bonds is 5. The molecule has 0 aromatic carbocycles. The zero-order valence-corrected chi connectivity index (χ0v) is 12.8. The van der Waals surface area contributed by atoms with Crippen LogP contribution in [-0.2, 0) is 6.54 Å². The first-order chi connectivity index (χ1) is 10.9. The molecule has 0 amide bonds. The molecule has 3 aromatic rings. The monoisotopic (exact) mass is 312 g/mol. The fraction of sp³-hybridized carbons (Fsp3) is 0.312. The molecule has 1 aliphatic carbocycles. The summed E-state index contributed by atoms with van der Waals surface area (Å²) in [6.07, 6.45) is 7.28. The molecule has 3 aromatic heterocycles. The second-order valence-corrected chi connectivity index (χ2v) is 6.28. The van der Waals surface area contributed by atoms with Crippen LogP contribution in [0, 0.1) is 0 Å². The number of ether oxygens (including phenoxy) is 1. The maximum atomic E-state index is 5.84. The molecule has 1 fully saturated rings. The Morgan fingerprint density at radius 1 is 1.23 bits per heavy atom. The first kappa shape index (κ1) is 13.5. The maximum absolute atomic E-state index is 5.84. The van der Waals surface area contributed by atoms with E-state index in [1.165, 1.54) is 6.42 Å². The average molecular weight is 312 g/mol. The molecule has 1 N–H and O–H groups in total. The van der Waals surface area contributed by atoms with Gasteiger partial charge >= 0.3 is 0 Å². The van der Waals surface area contributed by atoms with E-state index in [0.29, 0.717) is 18.5 Å². The summed E-state index contributed by atoms with van der Waals surface area (Å²) in [5, 5.41) is 6.46. The SMILES string of the molecule is c1cc(CNc2ncnc3sccc23)cc(OC2CCC2)n1. The van der Waals surface area contributed by atoms with Crippen LogP contribution in [0.1, 0.15) is 24.8 Å². The number of aromatic nitrogens is 3. The predicted octanol–water partition coefficient (Wildman–Crippen LogP) is 3.63. The second kappa shape index (κ2) is 5.88. The highest BCUT2D eigenvalue weighted by molar-refractivity contribution is 7.16. The number of nitrogens with one attached hydrogen (secondary N) is 1. The first-order valence-electron chi connectivity index (χ1n) is 7.42. The number of hydrogen-bond donors (Lipinski definition) is 1. The largest absolute Gasteiger partial charge is 0.474 e. The number of thiophene rings is 1. The van der Waals surface area contributed by atoms with E-state index in [2.05, 4.69) is 20.3 Å². The summed E-state index contributed by atoms with van der Waals surface area (Å²) in [5.74, 6) is 1.58. The smallest absolute Gasteiger partial charge is 0.213 e. The minimum atomic E-state index is 0.350. The van der Waals surface area contributed by atoms with Crippen LogP contribution < -0.4 is 10.1 Å². The van der Waals surface area contributed by atoms with Crippen LogP contribution in [0.15, 0.2) is 36.1 Å². The van der Waals surface area contributed by atoms with Crippen molar-refractivity contribution in [2.45, 2.75) is 31.9 Å². The minimum absolute atomic E-state index is 0.350. The van der Waals surface area contributed by atoms with Gasteiger partial charge in [-0.1, -0.05) is 0 Å². The van der Waals surface area contributed by atoms with Gasteiger partial charge in [0.05, 0.1) is 5.39 Å². The molecule has 4 rings (SSSR count). The molecule has 1 saturated carbocycles. The summed E-state index contributed by atoms with van der Waals surface area (Å²) >= 11 is 1.62. The third-order valence-electron chi connectivity index (χ3n) is 3.86. The van der Waals surface area contributed by atoms with E-state index in [4.69, 9.17) is 4.74 Å². The third-order valence-corrected chi connectivity index (χ3v) is 4.68. The van der Waals surface area contributed by atoms with Crippen LogP contribution in [-0.4, -0.2) is 21.1 Å². The van der Waals surface area contributed by atoms with Crippen molar-refractivity contribution < 1.29 is 4.74 Å². The van der Waals surface area contributed by atoms with E-state index in [0.717, 1.165) is 34.4 Å². The molecule has 1 aliphatic rings. The van der Waals surface area contributed by atoms with Gasteiger partial charge in [-0.25, -0.2) is 15.0 Å². The summed E-state index contributed by atoms with van der Waals surface area (Å²) in [5.41, 5.74) is 1.13. The van der Waals surface area contributed by atoms with Crippen LogP contribution in [0.5, 0.6) is 5.88 Å². The van der Waals surface area contributed by atoms with Gasteiger partial charge in [0.1, 0.15) is 23.1 Å². The van der Waals surface area contributed by atoms with Crippen molar-refractivity contribution >= 4 is 27.4 Å². The number of nitrogens with zero attached hydrogens (tertiary/aromatic N) is 3. The average Bonchev–Trinajstić information content (AvgIpc) is 2.98. The van der Waals surface area contributed by atoms with Gasteiger partial charge in [-0.3, -0.25) is 0 Å². The minimum Gasteiger partial charge on any atom is -0.474 e. The van der Waals surface area contributed by atoms with Crippen molar-refractivity contribution in [3.8, 4) is 5.88 Å². The molecule has 0 atom stereocenters. The lowest BCUT2D eigenvalue weighted by Crippen LogP contribution is -2.25. The zero-order valence-electron chi connectivity index (χ0n) is 12.0. The maximum Gasteiger partial charge on any atom is 0.213 e. The van der Waals surface area contributed by atoms with Crippen molar-refractivity contribution in [3.05, 3.63) is 41.7 Å². The lowest BCUT2D eigenvalue weighted by atomic mass is 9.96. The Labute approximate surface area is 132 Å². The molecular formula is C16H16N4OS. The van der Waals surface area contributed by atoms with Gasteiger partial charge in [-0.2, -0.15) is 0 Å². The van der Waals surface area contributed by atoms with Crippen molar-refractivity contribution in [1.29, 1.82) is 0 Å². The van der Waals surface area contributed by atoms with Crippen LogP contribution in [0.25, 0.3) is 10.2 Å². The normalized spacial score (nSPS) is 14.7. The van der Waals surface area contributed by atoms with E-state index in [1.54, 1.807) is 23.9 Å². The van der Waals surface area contributed by atoms with Gasteiger partial charge in [0.15, 0.2) is 0 Å². The van der Waals surface area contributed by atoms with Gasteiger partial charge in [0, 0.05) is 18.8 Å². The molecule has 0 saturated heterocycles.